The van der Waals surface area contributed by atoms with Gasteiger partial charge in [0.05, 0.1) is 12.3 Å². The van der Waals surface area contributed by atoms with E-state index in [0.29, 0.717) is 18.2 Å². The van der Waals surface area contributed by atoms with E-state index in [1.54, 1.807) is 6.92 Å². The summed E-state index contributed by atoms with van der Waals surface area (Å²) in [5.41, 5.74) is 2.65. The molecule has 20 heavy (non-hydrogen) atoms. The van der Waals surface area contributed by atoms with Crippen LogP contribution in [0.25, 0.3) is 11.5 Å². The van der Waals surface area contributed by atoms with Crippen LogP contribution in [0.1, 0.15) is 48.5 Å². The minimum Gasteiger partial charge on any atom is -0.460 e. The Morgan fingerprint density at radius 2 is 1.95 bits per heavy atom. The highest BCUT2D eigenvalue weighted by atomic mass is 16.5. The number of hydrogen-bond acceptors (Lipinski definition) is 4. The highest BCUT2D eigenvalue weighted by Gasteiger charge is 2.23. The van der Waals surface area contributed by atoms with E-state index in [1.807, 2.05) is 45.0 Å². The van der Waals surface area contributed by atoms with Crippen LogP contribution in [0.3, 0.4) is 0 Å². The number of benzene rings is 1. The van der Waals surface area contributed by atoms with Crippen molar-refractivity contribution in [1.82, 2.24) is 4.98 Å². The summed E-state index contributed by atoms with van der Waals surface area (Å²) in [7, 11) is 0. The lowest BCUT2D eigenvalue weighted by Gasteiger charge is -2.02. The Morgan fingerprint density at radius 1 is 1.30 bits per heavy atom. The van der Waals surface area contributed by atoms with Crippen LogP contribution in [-0.2, 0) is 4.74 Å². The maximum Gasteiger partial charge on any atom is 0.376 e. The van der Waals surface area contributed by atoms with Gasteiger partial charge in [0.25, 0.3) is 0 Å². The third-order valence-corrected chi connectivity index (χ3v) is 2.96. The van der Waals surface area contributed by atoms with Crippen LogP contribution in [0.5, 0.6) is 0 Å². The molecule has 0 saturated carbocycles. The first-order valence-electron chi connectivity index (χ1n) is 6.77. The summed E-state index contributed by atoms with van der Waals surface area (Å²) in [6.45, 7) is 8.04. The molecule has 0 fully saturated rings. The highest BCUT2D eigenvalue weighted by Crippen LogP contribution is 2.27. The fourth-order valence-electron chi connectivity index (χ4n) is 1.89. The Bertz CT molecular complexity index is 597. The number of hydrogen-bond donors (Lipinski definition) is 0. The Balaban J connectivity index is 2.43. The molecule has 0 radical (unpaired) electrons. The zero-order valence-electron chi connectivity index (χ0n) is 12.3. The first-order chi connectivity index (χ1) is 9.52. The van der Waals surface area contributed by atoms with Crippen molar-refractivity contribution in [2.75, 3.05) is 6.61 Å². The number of rotatable bonds is 4. The summed E-state index contributed by atoms with van der Waals surface area (Å²) in [5, 5.41) is 0. The molecule has 1 aromatic heterocycles. The fourth-order valence-corrected chi connectivity index (χ4v) is 1.89. The number of aryl methyl sites for hydroxylation is 1. The van der Waals surface area contributed by atoms with Crippen molar-refractivity contribution in [3.8, 4) is 11.5 Å². The molecule has 2 aromatic rings. The summed E-state index contributed by atoms with van der Waals surface area (Å²) < 4.78 is 10.6. The largest absolute Gasteiger partial charge is 0.460 e. The van der Waals surface area contributed by atoms with Crippen molar-refractivity contribution in [3.05, 3.63) is 41.3 Å². The third kappa shape index (κ3) is 2.90. The van der Waals surface area contributed by atoms with Crippen molar-refractivity contribution < 1.29 is 13.9 Å². The van der Waals surface area contributed by atoms with Gasteiger partial charge >= 0.3 is 5.97 Å². The molecule has 0 aliphatic carbocycles. The Kier molecular flexibility index (Phi) is 4.23. The highest BCUT2D eigenvalue weighted by molar-refractivity contribution is 5.88. The van der Waals surface area contributed by atoms with Gasteiger partial charge in [0.2, 0.25) is 11.7 Å². The first-order valence-corrected chi connectivity index (χ1v) is 6.77. The van der Waals surface area contributed by atoms with Gasteiger partial charge in [0.15, 0.2) is 0 Å². The molecule has 0 amide bonds. The zero-order chi connectivity index (χ0) is 14.7. The lowest BCUT2D eigenvalue weighted by Crippen LogP contribution is -2.07. The van der Waals surface area contributed by atoms with E-state index in [0.717, 1.165) is 11.1 Å². The van der Waals surface area contributed by atoms with E-state index in [1.165, 1.54) is 0 Å². The van der Waals surface area contributed by atoms with Crippen LogP contribution in [0.15, 0.2) is 28.7 Å². The summed E-state index contributed by atoms with van der Waals surface area (Å²) >= 11 is 0. The number of aromatic nitrogens is 1. The second-order valence-corrected chi connectivity index (χ2v) is 4.97. The number of esters is 1. The van der Waals surface area contributed by atoms with Gasteiger partial charge in [0, 0.05) is 5.56 Å². The summed E-state index contributed by atoms with van der Waals surface area (Å²) in [6.07, 6.45) is 0. The van der Waals surface area contributed by atoms with Crippen LogP contribution in [0, 0.1) is 6.92 Å². The minimum absolute atomic E-state index is 0.0948. The van der Waals surface area contributed by atoms with Gasteiger partial charge in [-0.1, -0.05) is 31.5 Å². The van der Waals surface area contributed by atoms with E-state index in [2.05, 4.69) is 4.98 Å². The lowest BCUT2D eigenvalue weighted by molar-refractivity contribution is 0.0488. The van der Waals surface area contributed by atoms with Gasteiger partial charge in [-0.25, -0.2) is 9.78 Å². The van der Waals surface area contributed by atoms with E-state index in [-0.39, 0.29) is 11.7 Å². The molecular formula is C16H19NO3. The molecular weight excluding hydrogens is 254 g/mol. The average Bonchev–Trinajstić information content (AvgIpc) is 2.85. The molecule has 0 N–H and O–H groups in total. The molecule has 0 saturated heterocycles. The van der Waals surface area contributed by atoms with Crippen molar-refractivity contribution in [2.24, 2.45) is 0 Å². The van der Waals surface area contributed by atoms with Crippen LogP contribution in [0.4, 0.5) is 0 Å². The molecule has 4 heteroatoms. The molecule has 0 aliphatic rings. The average molecular weight is 273 g/mol. The SMILES string of the molecule is CCOC(=O)c1oc(-c2ccc(C)cc2)nc1C(C)C. The lowest BCUT2D eigenvalue weighted by atomic mass is 10.1. The van der Waals surface area contributed by atoms with Crippen molar-refractivity contribution in [3.63, 3.8) is 0 Å². The van der Waals surface area contributed by atoms with E-state index in [4.69, 9.17) is 9.15 Å². The Morgan fingerprint density at radius 3 is 2.50 bits per heavy atom. The van der Waals surface area contributed by atoms with Gasteiger partial charge in [-0.2, -0.15) is 0 Å². The van der Waals surface area contributed by atoms with E-state index >= 15 is 0 Å². The van der Waals surface area contributed by atoms with Crippen molar-refractivity contribution in [1.29, 1.82) is 0 Å². The number of oxazole rings is 1. The van der Waals surface area contributed by atoms with Crippen LogP contribution >= 0.6 is 0 Å². The summed E-state index contributed by atoms with van der Waals surface area (Å²) in [4.78, 5) is 16.4. The molecule has 2 rings (SSSR count). The van der Waals surface area contributed by atoms with Crippen LogP contribution in [0.2, 0.25) is 0 Å². The smallest absolute Gasteiger partial charge is 0.376 e. The zero-order valence-corrected chi connectivity index (χ0v) is 12.3. The minimum atomic E-state index is -0.456. The molecule has 4 nitrogen and oxygen atoms in total. The number of nitrogens with zero attached hydrogens (tertiary/aromatic N) is 1. The molecule has 0 spiro atoms. The summed E-state index contributed by atoms with van der Waals surface area (Å²) in [6, 6.07) is 7.83. The fraction of sp³-hybridized carbons (Fsp3) is 0.375. The molecule has 0 bridgehead atoms. The molecule has 0 atom stereocenters. The molecule has 1 aromatic carbocycles. The number of ether oxygens (including phenoxy) is 1. The summed E-state index contributed by atoms with van der Waals surface area (Å²) in [5.74, 6) is 0.300. The van der Waals surface area contributed by atoms with Gasteiger partial charge in [-0.15, -0.1) is 0 Å². The van der Waals surface area contributed by atoms with Crippen LogP contribution in [-0.4, -0.2) is 17.6 Å². The maximum absolute atomic E-state index is 11.9. The topological polar surface area (TPSA) is 52.3 Å². The standard InChI is InChI=1S/C16H19NO3/c1-5-19-16(18)14-13(10(2)3)17-15(20-14)12-8-6-11(4)7-9-12/h6-10H,5H2,1-4H3. The van der Waals surface area contributed by atoms with Crippen LogP contribution < -0.4 is 0 Å². The van der Waals surface area contributed by atoms with E-state index in [9.17, 15) is 4.79 Å². The Labute approximate surface area is 118 Å². The van der Waals surface area contributed by atoms with Gasteiger partial charge in [-0.05, 0) is 31.9 Å². The number of carbonyl (C=O) groups excluding carboxylic acids is 1. The Hall–Kier alpha value is -2.10. The normalized spacial score (nSPS) is 10.8. The van der Waals surface area contributed by atoms with Gasteiger partial charge in [0.1, 0.15) is 0 Å². The van der Waals surface area contributed by atoms with E-state index < -0.39 is 5.97 Å². The maximum atomic E-state index is 11.9. The van der Waals surface area contributed by atoms with Gasteiger partial charge in [-0.3, -0.25) is 0 Å². The van der Waals surface area contributed by atoms with Crippen molar-refractivity contribution >= 4 is 5.97 Å². The van der Waals surface area contributed by atoms with Gasteiger partial charge < -0.3 is 9.15 Å². The quantitative estimate of drug-likeness (QED) is 0.791. The molecule has 0 aliphatic heterocycles. The first kappa shape index (κ1) is 14.3. The van der Waals surface area contributed by atoms with Crippen molar-refractivity contribution in [2.45, 2.75) is 33.6 Å². The predicted octanol–water partition coefficient (Wildman–Crippen LogP) is 3.95. The molecule has 106 valence electrons. The number of carbonyl (C=O) groups is 1. The monoisotopic (exact) mass is 273 g/mol. The second kappa shape index (κ2) is 5.90. The predicted molar refractivity (Wildman–Crippen MR) is 76.7 cm³/mol. The second-order valence-electron chi connectivity index (χ2n) is 4.97. The molecule has 0 unspecified atom stereocenters. The third-order valence-electron chi connectivity index (χ3n) is 2.96. The molecule has 1 heterocycles.